The first kappa shape index (κ1) is 20.9. The number of aromatic carboxylic acids is 1. The molecule has 3 N–H and O–H groups in total. The van der Waals surface area contributed by atoms with Gasteiger partial charge in [-0.1, -0.05) is 11.6 Å². The molecule has 0 saturated carbocycles. The Balaban J connectivity index is 0.000000260. The van der Waals surface area contributed by atoms with Crippen molar-refractivity contribution in [2.24, 2.45) is 0 Å². The van der Waals surface area contributed by atoms with Crippen LogP contribution < -0.4 is 9.47 Å². The Morgan fingerprint density at radius 2 is 1.54 bits per heavy atom. The molecule has 0 heterocycles. The fraction of sp³-hybridized carbons (Fsp3) is 0.176. The average molecular weight is 385 g/mol. The first-order valence-electron chi connectivity index (χ1n) is 7.00. The number of carboxylic acids is 1. The maximum Gasteiger partial charge on any atom is 0.341 e. The Morgan fingerprint density at radius 3 is 2.00 bits per heavy atom. The summed E-state index contributed by atoms with van der Waals surface area (Å²) in [6.07, 6.45) is 0. The first-order chi connectivity index (χ1) is 12.2. The molecule has 0 aliphatic heterocycles. The lowest BCUT2D eigenvalue weighted by Crippen LogP contribution is -2.01. The number of rotatable bonds is 4. The number of hydrogen-bond acceptors (Lipinski definition) is 7. The van der Waals surface area contributed by atoms with Gasteiger partial charge in [0.1, 0.15) is 34.1 Å². The van der Waals surface area contributed by atoms with Gasteiger partial charge in [-0.25, -0.2) is 9.59 Å². The molecule has 9 heteroatoms. The van der Waals surface area contributed by atoms with Crippen LogP contribution in [0.1, 0.15) is 20.7 Å². The van der Waals surface area contributed by atoms with Crippen molar-refractivity contribution in [3.63, 3.8) is 0 Å². The number of phenols is 2. The van der Waals surface area contributed by atoms with Crippen LogP contribution in [0.3, 0.4) is 0 Å². The topological polar surface area (TPSA) is 123 Å². The van der Waals surface area contributed by atoms with E-state index in [1.165, 1.54) is 33.5 Å². The molecule has 0 atom stereocenters. The molecule has 8 nitrogen and oxygen atoms in total. The molecule has 140 valence electrons. The second-order valence-corrected chi connectivity index (χ2v) is 5.09. The minimum Gasteiger partial charge on any atom is -0.507 e. The lowest BCUT2D eigenvalue weighted by atomic mass is 10.2. The summed E-state index contributed by atoms with van der Waals surface area (Å²) < 4.78 is 14.1. The molecule has 0 spiro atoms. The van der Waals surface area contributed by atoms with Crippen LogP contribution in [0.2, 0.25) is 5.02 Å². The number of carboxylic acid groups (broad SMARTS) is 1. The fourth-order valence-corrected chi connectivity index (χ4v) is 2.03. The number of esters is 1. The summed E-state index contributed by atoms with van der Waals surface area (Å²) in [6.45, 7) is 0. The smallest absolute Gasteiger partial charge is 0.341 e. The third-order valence-electron chi connectivity index (χ3n) is 3.11. The number of aromatic hydroxyl groups is 2. The molecule has 2 aromatic carbocycles. The first-order valence-corrected chi connectivity index (χ1v) is 7.38. The highest BCUT2D eigenvalue weighted by atomic mass is 35.5. The Hall–Kier alpha value is -3.13. The molecular formula is C17H17ClO8. The van der Waals surface area contributed by atoms with Gasteiger partial charge in [-0.3, -0.25) is 0 Å². The van der Waals surface area contributed by atoms with Crippen LogP contribution in [0.5, 0.6) is 23.0 Å². The zero-order valence-corrected chi connectivity index (χ0v) is 14.9. The van der Waals surface area contributed by atoms with Crippen molar-refractivity contribution in [2.75, 3.05) is 21.3 Å². The van der Waals surface area contributed by atoms with Crippen molar-refractivity contribution >= 4 is 23.5 Å². The summed E-state index contributed by atoms with van der Waals surface area (Å²) >= 11 is 5.65. The molecule has 0 aromatic heterocycles. The lowest BCUT2D eigenvalue weighted by Gasteiger charge is -2.05. The van der Waals surface area contributed by atoms with Gasteiger partial charge in [0.15, 0.2) is 0 Å². The molecule has 0 fully saturated rings. The third kappa shape index (κ3) is 5.18. The van der Waals surface area contributed by atoms with E-state index in [1.807, 2.05) is 0 Å². The molecule has 0 radical (unpaired) electrons. The van der Waals surface area contributed by atoms with Crippen LogP contribution in [-0.2, 0) is 4.74 Å². The second-order valence-electron chi connectivity index (χ2n) is 4.68. The van der Waals surface area contributed by atoms with Crippen molar-refractivity contribution in [1.82, 2.24) is 0 Å². The van der Waals surface area contributed by atoms with E-state index in [-0.39, 0.29) is 33.4 Å². The number of methoxy groups -OCH3 is 3. The highest BCUT2D eigenvalue weighted by Crippen LogP contribution is 2.31. The summed E-state index contributed by atoms with van der Waals surface area (Å²) in [5, 5.41) is 27.3. The normalized spacial score (nSPS) is 9.54. The number of carbonyl (C=O) groups excluding carboxylic acids is 1. The summed E-state index contributed by atoms with van der Waals surface area (Å²) in [6, 6.07) is 6.67. The molecule has 0 saturated heterocycles. The van der Waals surface area contributed by atoms with Crippen LogP contribution in [-0.4, -0.2) is 48.6 Å². The van der Waals surface area contributed by atoms with Crippen molar-refractivity contribution in [1.29, 1.82) is 0 Å². The molecule has 0 amide bonds. The minimum atomic E-state index is -1.23. The van der Waals surface area contributed by atoms with Crippen LogP contribution in [0.15, 0.2) is 30.3 Å². The molecular weight excluding hydrogens is 368 g/mol. The SMILES string of the molecule is COC(=O)c1ccc(OC)cc1O.COc1cc(O)c(C(=O)O)cc1Cl. The van der Waals surface area contributed by atoms with Crippen LogP contribution in [0.25, 0.3) is 0 Å². The largest absolute Gasteiger partial charge is 0.507 e. The summed E-state index contributed by atoms with van der Waals surface area (Å²) in [5.74, 6) is -1.59. The van der Waals surface area contributed by atoms with Crippen molar-refractivity contribution in [3.8, 4) is 23.0 Å². The molecule has 26 heavy (non-hydrogen) atoms. The van der Waals surface area contributed by atoms with Gasteiger partial charge in [-0.05, 0) is 18.2 Å². The van der Waals surface area contributed by atoms with E-state index < -0.39 is 11.9 Å². The highest BCUT2D eigenvalue weighted by molar-refractivity contribution is 6.32. The van der Waals surface area contributed by atoms with E-state index in [1.54, 1.807) is 6.07 Å². The Kier molecular flexibility index (Phi) is 7.54. The number of halogens is 1. The summed E-state index contributed by atoms with van der Waals surface area (Å²) in [5.41, 5.74) is -0.117. The molecule has 2 rings (SSSR count). The monoisotopic (exact) mass is 384 g/mol. The number of benzene rings is 2. The maximum absolute atomic E-state index is 11.0. The Bertz CT molecular complexity index is 804. The van der Waals surface area contributed by atoms with Crippen LogP contribution in [0.4, 0.5) is 0 Å². The van der Waals surface area contributed by atoms with Gasteiger partial charge in [0.05, 0.1) is 26.4 Å². The van der Waals surface area contributed by atoms with Crippen LogP contribution in [0, 0.1) is 0 Å². The Labute approximate surface area is 154 Å². The quantitative estimate of drug-likeness (QED) is 0.687. The fourth-order valence-electron chi connectivity index (χ4n) is 1.79. The van der Waals surface area contributed by atoms with E-state index in [2.05, 4.69) is 4.74 Å². The zero-order chi connectivity index (χ0) is 19.9. The minimum absolute atomic E-state index is 0.128. The van der Waals surface area contributed by atoms with Crippen LogP contribution >= 0.6 is 11.6 Å². The van der Waals surface area contributed by atoms with E-state index in [9.17, 15) is 19.8 Å². The zero-order valence-electron chi connectivity index (χ0n) is 14.1. The molecule has 0 aliphatic carbocycles. The van der Waals surface area contributed by atoms with Gasteiger partial charge in [0.2, 0.25) is 0 Å². The highest BCUT2D eigenvalue weighted by Gasteiger charge is 2.13. The lowest BCUT2D eigenvalue weighted by molar-refractivity contribution is 0.0596. The molecule has 0 bridgehead atoms. The number of ether oxygens (including phenoxy) is 3. The second kappa shape index (κ2) is 9.38. The van der Waals surface area contributed by atoms with E-state index in [0.29, 0.717) is 5.75 Å². The van der Waals surface area contributed by atoms with Crippen molar-refractivity contribution in [2.45, 2.75) is 0 Å². The van der Waals surface area contributed by atoms with Gasteiger partial charge >= 0.3 is 11.9 Å². The predicted molar refractivity (Wildman–Crippen MR) is 92.6 cm³/mol. The van der Waals surface area contributed by atoms with Gasteiger partial charge in [-0.15, -0.1) is 0 Å². The van der Waals surface area contributed by atoms with E-state index >= 15 is 0 Å². The van der Waals surface area contributed by atoms with Gasteiger partial charge < -0.3 is 29.5 Å². The summed E-state index contributed by atoms with van der Waals surface area (Å²) in [4.78, 5) is 21.5. The molecule has 0 unspecified atom stereocenters. The number of phenolic OH excluding ortho intramolecular Hbond substituents is 1. The third-order valence-corrected chi connectivity index (χ3v) is 3.41. The van der Waals surface area contributed by atoms with Gasteiger partial charge in [-0.2, -0.15) is 0 Å². The van der Waals surface area contributed by atoms with Gasteiger partial charge in [0, 0.05) is 12.1 Å². The summed E-state index contributed by atoms with van der Waals surface area (Å²) in [7, 11) is 4.11. The van der Waals surface area contributed by atoms with Crippen molar-refractivity contribution in [3.05, 3.63) is 46.5 Å². The molecule has 0 aliphatic rings. The standard InChI is InChI=1S/C9H10O4.C8H7ClO4/c1-12-6-3-4-7(8(10)5-6)9(11)13-2;1-13-7-3-6(10)4(8(11)12)2-5(7)9/h3-5,10H,1-2H3;2-3,10H,1H3,(H,11,12). The Morgan fingerprint density at radius 1 is 0.923 bits per heavy atom. The van der Waals surface area contributed by atoms with E-state index in [0.717, 1.165) is 12.1 Å². The van der Waals surface area contributed by atoms with E-state index in [4.69, 9.17) is 26.2 Å². The maximum atomic E-state index is 11.0. The van der Waals surface area contributed by atoms with Gasteiger partial charge in [0.25, 0.3) is 0 Å². The average Bonchev–Trinajstić information content (AvgIpc) is 2.62. The number of carbonyl (C=O) groups is 2. The predicted octanol–water partition coefficient (Wildman–Crippen LogP) is 2.94. The molecule has 2 aromatic rings. The van der Waals surface area contributed by atoms with Crippen molar-refractivity contribution < 1.29 is 39.1 Å². The number of hydrogen-bond donors (Lipinski definition) is 3.